The van der Waals surface area contributed by atoms with E-state index in [1.807, 2.05) is 31.2 Å². The first kappa shape index (κ1) is 16.7. The molecule has 0 aliphatic heterocycles. The first-order chi connectivity index (χ1) is 10.1. The van der Waals surface area contributed by atoms with Crippen LogP contribution in [0.3, 0.4) is 0 Å². The molecule has 116 valence electrons. The summed E-state index contributed by atoms with van der Waals surface area (Å²) in [5, 5.41) is 13.7. The monoisotopic (exact) mass is 327 g/mol. The third-order valence-electron chi connectivity index (χ3n) is 3.91. The van der Waals surface area contributed by atoms with Crippen molar-refractivity contribution >= 4 is 29.3 Å². The van der Waals surface area contributed by atoms with Crippen LogP contribution in [-0.4, -0.2) is 28.4 Å². The van der Waals surface area contributed by atoms with E-state index >= 15 is 0 Å². The van der Waals surface area contributed by atoms with Crippen LogP contribution in [0.4, 0.5) is 0 Å². The van der Waals surface area contributed by atoms with Gasteiger partial charge in [-0.15, -0.1) is 11.8 Å². The highest BCUT2D eigenvalue weighted by Crippen LogP contribution is 2.30. The molecule has 0 aromatic heterocycles. The summed E-state index contributed by atoms with van der Waals surface area (Å²) in [6.45, 7) is 1.95. The summed E-state index contributed by atoms with van der Waals surface area (Å²) >= 11 is 7.81. The van der Waals surface area contributed by atoms with Crippen LogP contribution in [0.15, 0.2) is 29.2 Å². The van der Waals surface area contributed by atoms with Gasteiger partial charge < -0.3 is 5.11 Å². The van der Waals surface area contributed by atoms with Crippen molar-refractivity contribution in [1.29, 1.82) is 0 Å². The molecule has 1 saturated carbocycles. The standard InChI is InChI=1S/C16H22ClNO2S/c1-2-16(15(19)20,18-12-8-9-12)10-5-11-21-14-7-4-3-6-13(14)17/h3-4,6-7,12,18H,2,5,8-11H2,1H3,(H,19,20). The molecule has 3 nitrogen and oxygen atoms in total. The fraction of sp³-hybridized carbons (Fsp3) is 0.562. The molecule has 1 aliphatic rings. The van der Waals surface area contributed by atoms with Gasteiger partial charge in [-0.3, -0.25) is 10.1 Å². The van der Waals surface area contributed by atoms with Gasteiger partial charge in [0.05, 0.1) is 5.02 Å². The second-order valence-electron chi connectivity index (χ2n) is 5.54. The summed E-state index contributed by atoms with van der Waals surface area (Å²) in [4.78, 5) is 12.7. The molecule has 5 heteroatoms. The van der Waals surface area contributed by atoms with E-state index in [9.17, 15) is 9.90 Å². The van der Waals surface area contributed by atoms with Crippen molar-refractivity contribution in [3.8, 4) is 0 Å². The number of thioether (sulfide) groups is 1. The van der Waals surface area contributed by atoms with Crippen molar-refractivity contribution in [2.75, 3.05) is 5.75 Å². The number of carboxylic acid groups (broad SMARTS) is 1. The van der Waals surface area contributed by atoms with Gasteiger partial charge in [0, 0.05) is 10.9 Å². The lowest BCUT2D eigenvalue weighted by atomic mass is 9.90. The summed E-state index contributed by atoms with van der Waals surface area (Å²) in [7, 11) is 0. The van der Waals surface area contributed by atoms with E-state index in [1.165, 1.54) is 0 Å². The topological polar surface area (TPSA) is 49.3 Å². The van der Waals surface area contributed by atoms with Crippen LogP contribution in [0.2, 0.25) is 5.02 Å². The smallest absolute Gasteiger partial charge is 0.323 e. The molecule has 1 aromatic carbocycles. The first-order valence-electron chi connectivity index (χ1n) is 7.46. The van der Waals surface area contributed by atoms with E-state index in [1.54, 1.807) is 11.8 Å². The molecule has 1 aliphatic carbocycles. The molecular formula is C16H22ClNO2S. The van der Waals surface area contributed by atoms with Crippen LogP contribution >= 0.6 is 23.4 Å². The van der Waals surface area contributed by atoms with E-state index in [-0.39, 0.29) is 0 Å². The zero-order valence-corrected chi connectivity index (χ0v) is 13.8. The Morgan fingerprint density at radius 2 is 2.19 bits per heavy atom. The predicted octanol–water partition coefficient (Wildman–Crippen LogP) is 4.20. The van der Waals surface area contributed by atoms with Crippen LogP contribution in [0.1, 0.15) is 39.0 Å². The number of benzene rings is 1. The Morgan fingerprint density at radius 3 is 2.76 bits per heavy atom. The minimum atomic E-state index is -0.762. The van der Waals surface area contributed by atoms with E-state index < -0.39 is 11.5 Å². The number of carbonyl (C=O) groups is 1. The number of halogens is 1. The SMILES string of the molecule is CCC(CCCSc1ccccc1Cl)(NC1CC1)C(=O)O. The Morgan fingerprint density at radius 1 is 1.48 bits per heavy atom. The number of rotatable bonds is 9. The fourth-order valence-electron chi connectivity index (χ4n) is 2.41. The Hall–Kier alpha value is -0.710. The van der Waals surface area contributed by atoms with Crippen molar-refractivity contribution in [3.63, 3.8) is 0 Å². The van der Waals surface area contributed by atoms with Crippen molar-refractivity contribution in [1.82, 2.24) is 5.32 Å². The Balaban J connectivity index is 1.84. The van der Waals surface area contributed by atoms with Gasteiger partial charge in [-0.1, -0.05) is 30.7 Å². The molecule has 21 heavy (non-hydrogen) atoms. The van der Waals surface area contributed by atoms with Crippen LogP contribution in [-0.2, 0) is 4.79 Å². The summed E-state index contributed by atoms with van der Waals surface area (Å²) in [6.07, 6.45) is 4.34. The zero-order valence-electron chi connectivity index (χ0n) is 12.3. The van der Waals surface area contributed by atoms with Gasteiger partial charge in [0.25, 0.3) is 0 Å². The normalized spacial score (nSPS) is 17.4. The van der Waals surface area contributed by atoms with Gasteiger partial charge in [0.15, 0.2) is 0 Å². The summed E-state index contributed by atoms with van der Waals surface area (Å²) < 4.78 is 0. The maximum Gasteiger partial charge on any atom is 0.323 e. The molecular weight excluding hydrogens is 306 g/mol. The van der Waals surface area contributed by atoms with Crippen LogP contribution in [0.5, 0.6) is 0 Å². The third-order valence-corrected chi connectivity index (χ3v) is 5.51. The van der Waals surface area contributed by atoms with Gasteiger partial charge in [-0.25, -0.2) is 0 Å². The highest BCUT2D eigenvalue weighted by Gasteiger charge is 2.40. The molecule has 0 amide bonds. The molecule has 0 heterocycles. The van der Waals surface area contributed by atoms with Crippen LogP contribution < -0.4 is 5.32 Å². The maximum atomic E-state index is 11.6. The van der Waals surface area contributed by atoms with E-state index in [0.717, 1.165) is 34.9 Å². The summed E-state index contributed by atoms with van der Waals surface area (Å²) in [5.74, 6) is 0.158. The van der Waals surface area contributed by atoms with Crippen molar-refractivity contribution in [2.45, 2.75) is 55.5 Å². The Kier molecular flexibility index (Phi) is 5.97. The van der Waals surface area contributed by atoms with E-state index in [4.69, 9.17) is 11.6 Å². The molecule has 1 fully saturated rings. The van der Waals surface area contributed by atoms with Crippen LogP contribution in [0, 0.1) is 0 Å². The molecule has 1 unspecified atom stereocenters. The van der Waals surface area contributed by atoms with Crippen molar-refractivity contribution < 1.29 is 9.90 Å². The lowest BCUT2D eigenvalue weighted by molar-refractivity contribution is -0.145. The predicted molar refractivity (Wildman–Crippen MR) is 88.2 cm³/mol. The number of aliphatic carboxylic acids is 1. The number of hydrogen-bond acceptors (Lipinski definition) is 3. The Labute approximate surface area is 135 Å². The average Bonchev–Trinajstić information content (AvgIpc) is 3.27. The molecule has 2 rings (SSSR count). The van der Waals surface area contributed by atoms with Gasteiger partial charge in [-0.05, 0) is 50.0 Å². The lowest BCUT2D eigenvalue weighted by Gasteiger charge is -2.29. The van der Waals surface area contributed by atoms with Crippen LogP contribution in [0.25, 0.3) is 0 Å². The maximum absolute atomic E-state index is 11.6. The lowest BCUT2D eigenvalue weighted by Crippen LogP contribution is -2.52. The minimum Gasteiger partial charge on any atom is -0.480 e. The number of hydrogen-bond donors (Lipinski definition) is 2. The molecule has 1 atom stereocenters. The molecule has 0 bridgehead atoms. The summed E-state index contributed by atoms with van der Waals surface area (Å²) in [6, 6.07) is 8.16. The number of carboxylic acids is 1. The first-order valence-corrected chi connectivity index (χ1v) is 8.82. The van der Waals surface area contributed by atoms with Crippen molar-refractivity contribution in [2.24, 2.45) is 0 Å². The third kappa shape index (κ3) is 4.63. The quantitative estimate of drug-likeness (QED) is 0.527. The van der Waals surface area contributed by atoms with Gasteiger partial charge in [-0.2, -0.15) is 0 Å². The van der Waals surface area contributed by atoms with E-state index in [2.05, 4.69) is 5.32 Å². The molecule has 1 aromatic rings. The molecule has 2 N–H and O–H groups in total. The highest BCUT2D eigenvalue weighted by atomic mass is 35.5. The van der Waals surface area contributed by atoms with Gasteiger partial charge >= 0.3 is 5.97 Å². The second kappa shape index (κ2) is 7.52. The average molecular weight is 328 g/mol. The van der Waals surface area contributed by atoms with E-state index in [0.29, 0.717) is 18.9 Å². The second-order valence-corrected chi connectivity index (χ2v) is 7.09. The van der Waals surface area contributed by atoms with Gasteiger partial charge in [0.2, 0.25) is 0 Å². The Bertz CT molecular complexity index is 493. The zero-order chi connectivity index (χ0) is 15.3. The molecule has 0 saturated heterocycles. The highest BCUT2D eigenvalue weighted by molar-refractivity contribution is 7.99. The number of nitrogens with one attached hydrogen (secondary N) is 1. The molecule has 0 spiro atoms. The fourth-order valence-corrected chi connectivity index (χ4v) is 3.60. The minimum absolute atomic E-state index is 0.400. The largest absolute Gasteiger partial charge is 0.480 e. The summed E-state index contributed by atoms with van der Waals surface area (Å²) in [5.41, 5.74) is -0.762. The van der Waals surface area contributed by atoms with Gasteiger partial charge in [0.1, 0.15) is 5.54 Å². The van der Waals surface area contributed by atoms with Crippen molar-refractivity contribution in [3.05, 3.63) is 29.3 Å². The molecule has 0 radical (unpaired) electrons.